The summed E-state index contributed by atoms with van der Waals surface area (Å²) in [5, 5.41) is 6.59. The number of anilines is 2. The standard InChI is InChI=1S/C22H31N5O2/c1-23-22(26-18-9-10-19(28-2)20(14-18)29-3)25-16-17-8-11-21(24-15-17)27-12-6-4-5-7-13-27/h8-11,14-15H,4-7,12-13,16H2,1-3H3,(H2,23,25,26). The fraction of sp³-hybridized carbons (Fsp3) is 0.455. The van der Waals surface area contributed by atoms with Gasteiger partial charge in [0, 0.05) is 44.6 Å². The molecule has 1 aliphatic heterocycles. The van der Waals surface area contributed by atoms with Gasteiger partial charge in [-0.3, -0.25) is 4.99 Å². The molecule has 2 heterocycles. The average Bonchev–Trinajstić information content (AvgIpc) is 3.06. The first-order valence-electron chi connectivity index (χ1n) is 10.1. The fourth-order valence-corrected chi connectivity index (χ4v) is 3.42. The molecule has 0 aliphatic carbocycles. The van der Waals surface area contributed by atoms with Crippen molar-refractivity contribution in [3.8, 4) is 11.5 Å². The molecule has 29 heavy (non-hydrogen) atoms. The van der Waals surface area contributed by atoms with Gasteiger partial charge in [0.25, 0.3) is 0 Å². The van der Waals surface area contributed by atoms with Gasteiger partial charge in [-0.1, -0.05) is 18.9 Å². The third-order valence-electron chi connectivity index (χ3n) is 5.07. The number of pyridine rings is 1. The van der Waals surface area contributed by atoms with E-state index in [1.165, 1.54) is 25.7 Å². The summed E-state index contributed by atoms with van der Waals surface area (Å²) in [6.45, 7) is 2.85. The third kappa shape index (κ3) is 5.76. The molecule has 3 rings (SSSR count). The molecule has 0 atom stereocenters. The minimum atomic E-state index is 0.639. The van der Waals surface area contributed by atoms with Gasteiger partial charge in [0.15, 0.2) is 17.5 Å². The van der Waals surface area contributed by atoms with E-state index in [0.29, 0.717) is 24.0 Å². The van der Waals surface area contributed by atoms with Crippen LogP contribution in [0, 0.1) is 0 Å². The van der Waals surface area contributed by atoms with Crippen molar-refractivity contribution >= 4 is 17.5 Å². The minimum absolute atomic E-state index is 0.639. The molecule has 0 saturated carbocycles. The number of aliphatic imine (C=N–C) groups is 1. The van der Waals surface area contributed by atoms with Crippen molar-refractivity contribution < 1.29 is 9.47 Å². The number of hydrogen-bond acceptors (Lipinski definition) is 5. The first-order chi connectivity index (χ1) is 14.2. The summed E-state index contributed by atoms with van der Waals surface area (Å²) in [5.74, 6) is 3.11. The van der Waals surface area contributed by atoms with E-state index >= 15 is 0 Å². The summed E-state index contributed by atoms with van der Waals surface area (Å²) in [5.41, 5.74) is 1.98. The quantitative estimate of drug-likeness (QED) is 0.573. The summed E-state index contributed by atoms with van der Waals surface area (Å²) < 4.78 is 10.6. The molecule has 2 aromatic rings. The number of guanidine groups is 1. The van der Waals surface area contributed by atoms with E-state index in [4.69, 9.17) is 9.47 Å². The van der Waals surface area contributed by atoms with E-state index in [-0.39, 0.29) is 0 Å². The van der Waals surface area contributed by atoms with Gasteiger partial charge in [0.1, 0.15) is 5.82 Å². The van der Waals surface area contributed by atoms with Crippen molar-refractivity contribution in [1.82, 2.24) is 10.3 Å². The van der Waals surface area contributed by atoms with Gasteiger partial charge in [-0.15, -0.1) is 0 Å². The summed E-state index contributed by atoms with van der Waals surface area (Å²) in [7, 11) is 4.99. The van der Waals surface area contributed by atoms with Crippen LogP contribution in [0.5, 0.6) is 11.5 Å². The van der Waals surface area contributed by atoms with E-state index in [0.717, 1.165) is 30.2 Å². The predicted molar refractivity (Wildman–Crippen MR) is 118 cm³/mol. The van der Waals surface area contributed by atoms with Gasteiger partial charge in [0.05, 0.1) is 14.2 Å². The van der Waals surface area contributed by atoms with Crippen molar-refractivity contribution in [2.24, 2.45) is 4.99 Å². The Morgan fingerprint density at radius 1 is 1.03 bits per heavy atom. The molecule has 0 bridgehead atoms. The van der Waals surface area contributed by atoms with E-state index < -0.39 is 0 Å². The first kappa shape index (κ1) is 20.8. The molecule has 2 N–H and O–H groups in total. The molecule has 1 saturated heterocycles. The summed E-state index contributed by atoms with van der Waals surface area (Å²) in [4.78, 5) is 11.4. The molecular formula is C22H31N5O2. The summed E-state index contributed by atoms with van der Waals surface area (Å²) in [6, 6.07) is 9.91. The predicted octanol–water partition coefficient (Wildman–Crippen LogP) is 3.67. The van der Waals surface area contributed by atoms with Crippen LogP contribution in [0.1, 0.15) is 31.2 Å². The van der Waals surface area contributed by atoms with Crippen LogP contribution in [0.15, 0.2) is 41.5 Å². The maximum absolute atomic E-state index is 5.35. The normalized spacial score (nSPS) is 14.9. The van der Waals surface area contributed by atoms with Crippen LogP contribution in [0.3, 0.4) is 0 Å². The van der Waals surface area contributed by atoms with Gasteiger partial charge < -0.3 is 25.0 Å². The lowest BCUT2D eigenvalue weighted by molar-refractivity contribution is 0.355. The molecule has 7 nitrogen and oxygen atoms in total. The maximum atomic E-state index is 5.35. The van der Waals surface area contributed by atoms with Crippen molar-refractivity contribution in [3.63, 3.8) is 0 Å². The maximum Gasteiger partial charge on any atom is 0.195 e. The Morgan fingerprint density at radius 2 is 1.79 bits per heavy atom. The lowest BCUT2D eigenvalue weighted by Gasteiger charge is -2.21. The minimum Gasteiger partial charge on any atom is -0.493 e. The number of aromatic nitrogens is 1. The molecule has 0 unspecified atom stereocenters. The second-order valence-electron chi connectivity index (χ2n) is 7.05. The molecule has 1 aromatic heterocycles. The SMILES string of the molecule is CN=C(NCc1ccc(N2CCCCCC2)nc1)Nc1ccc(OC)c(OC)c1. The lowest BCUT2D eigenvalue weighted by Crippen LogP contribution is -2.30. The van der Waals surface area contributed by atoms with Gasteiger partial charge in [-0.2, -0.15) is 0 Å². The fourth-order valence-electron chi connectivity index (χ4n) is 3.42. The van der Waals surface area contributed by atoms with Gasteiger partial charge >= 0.3 is 0 Å². The van der Waals surface area contributed by atoms with E-state index in [9.17, 15) is 0 Å². The number of rotatable bonds is 6. The van der Waals surface area contributed by atoms with Crippen molar-refractivity contribution in [2.45, 2.75) is 32.2 Å². The molecule has 0 radical (unpaired) electrons. The number of benzene rings is 1. The zero-order chi connectivity index (χ0) is 20.5. The van der Waals surface area contributed by atoms with E-state index in [1.807, 2.05) is 24.4 Å². The zero-order valence-corrected chi connectivity index (χ0v) is 17.6. The Morgan fingerprint density at radius 3 is 2.41 bits per heavy atom. The molecule has 0 amide bonds. The molecule has 7 heteroatoms. The van der Waals surface area contributed by atoms with Gasteiger partial charge in [-0.05, 0) is 36.6 Å². The lowest BCUT2D eigenvalue weighted by atomic mass is 10.2. The Bertz CT molecular complexity index is 799. The number of ether oxygens (including phenoxy) is 2. The molecular weight excluding hydrogens is 366 g/mol. The molecule has 1 fully saturated rings. The second kappa shape index (κ2) is 10.5. The van der Waals surface area contributed by atoms with Crippen LogP contribution in [-0.2, 0) is 6.54 Å². The van der Waals surface area contributed by atoms with Crippen LogP contribution >= 0.6 is 0 Å². The Hall–Kier alpha value is -2.96. The topological polar surface area (TPSA) is 71.0 Å². The van der Waals surface area contributed by atoms with Crippen molar-refractivity contribution in [3.05, 3.63) is 42.1 Å². The monoisotopic (exact) mass is 397 g/mol. The molecule has 1 aliphatic rings. The van der Waals surface area contributed by atoms with Gasteiger partial charge in [-0.25, -0.2) is 4.98 Å². The number of nitrogens with one attached hydrogen (secondary N) is 2. The van der Waals surface area contributed by atoms with E-state index in [1.54, 1.807) is 21.3 Å². The highest BCUT2D eigenvalue weighted by Gasteiger charge is 2.11. The van der Waals surface area contributed by atoms with Crippen LogP contribution in [0.25, 0.3) is 0 Å². The zero-order valence-electron chi connectivity index (χ0n) is 17.6. The second-order valence-corrected chi connectivity index (χ2v) is 7.05. The first-order valence-corrected chi connectivity index (χ1v) is 10.1. The highest BCUT2D eigenvalue weighted by molar-refractivity contribution is 5.93. The summed E-state index contributed by atoms with van der Waals surface area (Å²) >= 11 is 0. The molecule has 0 spiro atoms. The Balaban J connectivity index is 1.56. The van der Waals surface area contributed by atoms with Crippen molar-refractivity contribution in [1.29, 1.82) is 0 Å². The van der Waals surface area contributed by atoms with Gasteiger partial charge in [0.2, 0.25) is 0 Å². The number of hydrogen-bond donors (Lipinski definition) is 2. The van der Waals surface area contributed by atoms with Crippen molar-refractivity contribution in [2.75, 3.05) is 44.6 Å². The number of nitrogens with zero attached hydrogens (tertiary/aromatic N) is 3. The Kier molecular flexibility index (Phi) is 7.55. The summed E-state index contributed by atoms with van der Waals surface area (Å²) in [6.07, 6.45) is 7.10. The smallest absolute Gasteiger partial charge is 0.195 e. The van der Waals surface area contributed by atoms with E-state index in [2.05, 4.69) is 37.6 Å². The highest BCUT2D eigenvalue weighted by atomic mass is 16.5. The highest BCUT2D eigenvalue weighted by Crippen LogP contribution is 2.29. The van der Waals surface area contributed by atoms with Crippen LogP contribution in [-0.4, -0.2) is 45.3 Å². The Labute approximate surface area is 173 Å². The van der Waals surface area contributed by atoms with Crippen LogP contribution in [0.4, 0.5) is 11.5 Å². The molecule has 156 valence electrons. The third-order valence-corrected chi connectivity index (χ3v) is 5.07. The van der Waals surface area contributed by atoms with Crippen LogP contribution < -0.4 is 25.0 Å². The molecule has 1 aromatic carbocycles. The largest absolute Gasteiger partial charge is 0.493 e. The number of methoxy groups -OCH3 is 2. The van der Waals surface area contributed by atoms with Crippen LogP contribution in [0.2, 0.25) is 0 Å². The average molecular weight is 398 g/mol.